The van der Waals surface area contributed by atoms with Crippen molar-refractivity contribution in [3.8, 4) is 0 Å². The third-order valence-corrected chi connectivity index (χ3v) is 4.27. The van der Waals surface area contributed by atoms with Gasteiger partial charge in [0.1, 0.15) is 0 Å². The fraction of sp³-hybridized carbons (Fsp3) is 0.769. The maximum Gasteiger partial charge on any atom is 0.0850 e. The van der Waals surface area contributed by atoms with E-state index in [4.69, 9.17) is 17.3 Å². The number of hydrogen-bond donors (Lipinski definition) is 1. The van der Waals surface area contributed by atoms with Gasteiger partial charge in [-0.25, -0.2) is 0 Å². The van der Waals surface area contributed by atoms with Crippen molar-refractivity contribution in [2.45, 2.75) is 53.0 Å². The smallest absolute Gasteiger partial charge is 0.0850 e. The van der Waals surface area contributed by atoms with Crippen LogP contribution in [0.2, 0.25) is 5.02 Å². The summed E-state index contributed by atoms with van der Waals surface area (Å²) >= 11 is 6.33. The van der Waals surface area contributed by atoms with Crippen molar-refractivity contribution in [2.24, 2.45) is 18.2 Å². The Labute approximate surface area is 109 Å². The van der Waals surface area contributed by atoms with Crippen LogP contribution in [0.5, 0.6) is 0 Å². The first kappa shape index (κ1) is 14.5. The molecule has 4 heteroatoms. The van der Waals surface area contributed by atoms with E-state index in [1.807, 2.05) is 11.7 Å². The molecule has 0 aromatic carbocycles. The van der Waals surface area contributed by atoms with E-state index >= 15 is 0 Å². The average Bonchev–Trinajstić information content (AvgIpc) is 2.56. The van der Waals surface area contributed by atoms with Crippen molar-refractivity contribution < 1.29 is 0 Å². The van der Waals surface area contributed by atoms with E-state index in [0.717, 1.165) is 35.7 Å². The number of aryl methyl sites for hydroxylation is 2. The van der Waals surface area contributed by atoms with Crippen LogP contribution < -0.4 is 5.73 Å². The lowest BCUT2D eigenvalue weighted by Gasteiger charge is -2.30. The highest BCUT2D eigenvalue weighted by molar-refractivity contribution is 6.31. The zero-order valence-corrected chi connectivity index (χ0v) is 12.3. The Bertz CT molecular complexity index is 382. The van der Waals surface area contributed by atoms with E-state index in [1.54, 1.807) is 0 Å². The molecule has 0 bridgehead atoms. The van der Waals surface area contributed by atoms with Crippen LogP contribution >= 0.6 is 11.6 Å². The van der Waals surface area contributed by atoms with Crippen molar-refractivity contribution in [1.29, 1.82) is 0 Å². The van der Waals surface area contributed by atoms with E-state index in [9.17, 15) is 0 Å². The van der Waals surface area contributed by atoms with Gasteiger partial charge in [0.25, 0.3) is 0 Å². The van der Waals surface area contributed by atoms with Gasteiger partial charge in [0.05, 0.1) is 16.4 Å². The molecule has 1 rings (SSSR count). The molecule has 0 amide bonds. The van der Waals surface area contributed by atoms with Crippen LogP contribution in [0.1, 0.15) is 45.5 Å². The van der Waals surface area contributed by atoms with Crippen molar-refractivity contribution in [3.05, 3.63) is 16.4 Å². The SMILES string of the molecule is CCc1nn(C)c(CC(N)C(C)(C)CC)c1Cl. The number of rotatable bonds is 5. The van der Waals surface area contributed by atoms with E-state index in [0.29, 0.717) is 0 Å². The van der Waals surface area contributed by atoms with E-state index in [2.05, 4.69) is 32.8 Å². The molecule has 0 fully saturated rings. The van der Waals surface area contributed by atoms with E-state index in [1.165, 1.54) is 0 Å². The van der Waals surface area contributed by atoms with Crippen LogP contribution in [0.4, 0.5) is 0 Å². The van der Waals surface area contributed by atoms with Gasteiger partial charge in [0, 0.05) is 19.5 Å². The summed E-state index contributed by atoms with van der Waals surface area (Å²) in [5.41, 5.74) is 8.42. The fourth-order valence-electron chi connectivity index (χ4n) is 1.79. The zero-order valence-electron chi connectivity index (χ0n) is 11.5. The first-order valence-electron chi connectivity index (χ1n) is 6.29. The third-order valence-electron chi connectivity index (χ3n) is 3.83. The Morgan fingerprint density at radius 1 is 1.41 bits per heavy atom. The lowest BCUT2D eigenvalue weighted by molar-refractivity contribution is 0.270. The van der Waals surface area contributed by atoms with Crippen LogP contribution in [0, 0.1) is 5.41 Å². The Balaban J connectivity index is 2.92. The van der Waals surface area contributed by atoms with Gasteiger partial charge >= 0.3 is 0 Å². The molecule has 0 aliphatic carbocycles. The van der Waals surface area contributed by atoms with Crippen molar-refractivity contribution in [2.75, 3.05) is 0 Å². The predicted molar refractivity (Wildman–Crippen MR) is 73.3 cm³/mol. The number of halogens is 1. The predicted octanol–water partition coefficient (Wildman–Crippen LogP) is 2.94. The summed E-state index contributed by atoms with van der Waals surface area (Å²) in [5.74, 6) is 0. The summed E-state index contributed by atoms with van der Waals surface area (Å²) < 4.78 is 1.87. The average molecular weight is 258 g/mol. The molecule has 0 radical (unpaired) electrons. The van der Waals surface area contributed by atoms with Crippen LogP contribution in [0.25, 0.3) is 0 Å². The molecule has 17 heavy (non-hydrogen) atoms. The van der Waals surface area contributed by atoms with Gasteiger partial charge in [-0.15, -0.1) is 0 Å². The quantitative estimate of drug-likeness (QED) is 0.882. The molecule has 0 aliphatic heterocycles. The molecule has 0 spiro atoms. The zero-order chi connectivity index (χ0) is 13.2. The van der Waals surface area contributed by atoms with E-state index < -0.39 is 0 Å². The molecule has 1 aromatic rings. The van der Waals surface area contributed by atoms with Gasteiger partial charge in [-0.3, -0.25) is 4.68 Å². The molecule has 1 unspecified atom stereocenters. The van der Waals surface area contributed by atoms with Gasteiger partial charge in [-0.05, 0) is 18.3 Å². The molecular weight excluding hydrogens is 234 g/mol. The summed E-state index contributed by atoms with van der Waals surface area (Å²) in [5, 5.41) is 5.21. The van der Waals surface area contributed by atoms with Crippen molar-refractivity contribution in [3.63, 3.8) is 0 Å². The second kappa shape index (κ2) is 5.40. The number of hydrogen-bond acceptors (Lipinski definition) is 2. The molecule has 0 saturated carbocycles. The second-order valence-electron chi connectivity index (χ2n) is 5.34. The molecule has 1 atom stereocenters. The second-order valence-corrected chi connectivity index (χ2v) is 5.72. The first-order valence-corrected chi connectivity index (χ1v) is 6.67. The molecule has 0 aliphatic rings. The number of aromatic nitrogens is 2. The minimum atomic E-state index is 0.102. The minimum Gasteiger partial charge on any atom is -0.327 e. The highest BCUT2D eigenvalue weighted by Crippen LogP contribution is 2.29. The van der Waals surface area contributed by atoms with Crippen LogP contribution in [-0.4, -0.2) is 15.8 Å². The summed E-state index contributed by atoms with van der Waals surface area (Å²) in [6.45, 7) is 8.63. The molecule has 2 N–H and O–H groups in total. The Morgan fingerprint density at radius 3 is 2.41 bits per heavy atom. The standard InChI is InChI=1S/C13H24ClN3/c1-6-9-12(14)10(17(5)16-9)8-11(15)13(3,4)7-2/h11H,6-8,15H2,1-5H3. The normalized spacial score (nSPS) is 14.1. The Hall–Kier alpha value is -0.540. The van der Waals surface area contributed by atoms with Gasteiger partial charge in [0.2, 0.25) is 0 Å². The Morgan fingerprint density at radius 2 is 2.00 bits per heavy atom. The molecular formula is C13H24ClN3. The summed E-state index contributed by atoms with van der Waals surface area (Å²) in [4.78, 5) is 0. The largest absolute Gasteiger partial charge is 0.327 e. The van der Waals surface area contributed by atoms with Gasteiger partial charge < -0.3 is 5.73 Å². The van der Waals surface area contributed by atoms with Gasteiger partial charge in [-0.1, -0.05) is 39.3 Å². The van der Waals surface area contributed by atoms with Gasteiger partial charge in [-0.2, -0.15) is 5.10 Å². The fourth-order valence-corrected chi connectivity index (χ4v) is 2.16. The summed E-state index contributed by atoms with van der Waals surface area (Å²) in [7, 11) is 1.94. The number of nitrogens with zero attached hydrogens (tertiary/aromatic N) is 2. The van der Waals surface area contributed by atoms with Crippen LogP contribution in [0.15, 0.2) is 0 Å². The first-order chi connectivity index (χ1) is 7.83. The van der Waals surface area contributed by atoms with Crippen molar-refractivity contribution in [1.82, 2.24) is 9.78 Å². The molecule has 3 nitrogen and oxygen atoms in total. The highest BCUT2D eigenvalue weighted by Gasteiger charge is 2.27. The molecule has 98 valence electrons. The highest BCUT2D eigenvalue weighted by atomic mass is 35.5. The van der Waals surface area contributed by atoms with Crippen LogP contribution in [0.3, 0.4) is 0 Å². The topological polar surface area (TPSA) is 43.8 Å². The summed E-state index contributed by atoms with van der Waals surface area (Å²) in [6.07, 6.45) is 2.70. The maximum absolute atomic E-state index is 6.33. The number of nitrogens with two attached hydrogens (primary N) is 1. The monoisotopic (exact) mass is 257 g/mol. The lowest BCUT2D eigenvalue weighted by atomic mass is 9.80. The lowest BCUT2D eigenvalue weighted by Crippen LogP contribution is -2.39. The van der Waals surface area contributed by atoms with Crippen molar-refractivity contribution >= 4 is 11.6 Å². The van der Waals surface area contributed by atoms with E-state index in [-0.39, 0.29) is 11.5 Å². The third kappa shape index (κ3) is 3.02. The Kier molecular flexibility index (Phi) is 4.62. The molecule has 1 heterocycles. The van der Waals surface area contributed by atoms with Gasteiger partial charge in [0.15, 0.2) is 0 Å². The van der Waals surface area contributed by atoms with Crippen LogP contribution in [-0.2, 0) is 19.9 Å². The summed E-state index contributed by atoms with van der Waals surface area (Å²) in [6, 6.07) is 0.102. The maximum atomic E-state index is 6.33. The minimum absolute atomic E-state index is 0.102. The molecule has 1 aromatic heterocycles. The molecule has 0 saturated heterocycles.